The summed E-state index contributed by atoms with van der Waals surface area (Å²) in [4.78, 5) is 16.8. The second-order valence-electron chi connectivity index (χ2n) is 7.03. The number of rotatable bonds is 5. The Morgan fingerprint density at radius 1 is 1.43 bits per heavy atom. The lowest BCUT2D eigenvalue weighted by Gasteiger charge is -2.30. The molecule has 0 aromatic heterocycles. The first-order valence-corrected chi connectivity index (χ1v) is 8.10. The summed E-state index contributed by atoms with van der Waals surface area (Å²) in [6, 6.07) is 8.15. The molecule has 130 valence electrons. The van der Waals surface area contributed by atoms with E-state index in [-0.39, 0.29) is 29.8 Å². The lowest BCUT2D eigenvalue weighted by Crippen LogP contribution is -2.45. The Kier molecular flexibility index (Phi) is 7.05. The third kappa shape index (κ3) is 4.69. The average Bonchev–Trinajstić information content (AvgIpc) is 2.91. The van der Waals surface area contributed by atoms with Crippen LogP contribution in [-0.2, 0) is 11.3 Å². The summed E-state index contributed by atoms with van der Waals surface area (Å²) in [5.74, 6) is 0.185. The van der Waals surface area contributed by atoms with Gasteiger partial charge in [-0.05, 0) is 49.9 Å². The Hall–Kier alpha value is -1.10. The second-order valence-corrected chi connectivity index (χ2v) is 7.03. The van der Waals surface area contributed by atoms with E-state index in [1.54, 1.807) is 0 Å². The molecular weight excluding hydrogens is 310 g/mol. The van der Waals surface area contributed by atoms with Gasteiger partial charge in [0.25, 0.3) is 0 Å². The van der Waals surface area contributed by atoms with Crippen molar-refractivity contribution in [3.8, 4) is 0 Å². The lowest BCUT2D eigenvalue weighted by atomic mass is 9.90. The van der Waals surface area contributed by atoms with Crippen LogP contribution in [0.15, 0.2) is 24.3 Å². The number of carbonyl (C=O) groups excluding carboxylic acids is 1. The van der Waals surface area contributed by atoms with Gasteiger partial charge in [-0.2, -0.15) is 0 Å². The van der Waals surface area contributed by atoms with Crippen molar-refractivity contribution < 1.29 is 4.79 Å². The molecule has 0 saturated carbocycles. The highest BCUT2D eigenvalue weighted by molar-refractivity contribution is 5.85. The molecule has 1 saturated heterocycles. The van der Waals surface area contributed by atoms with Gasteiger partial charge in [-0.3, -0.25) is 9.69 Å². The van der Waals surface area contributed by atoms with E-state index in [1.807, 2.05) is 31.0 Å². The fourth-order valence-electron chi connectivity index (χ4n) is 3.16. The number of carbonyl (C=O) groups is 1. The van der Waals surface area contributed by atoms with Crippen LogP contribution in [0.4, 0.5) is 0 Å². The van der Waals surface area contributed by atoms with Gasteiger partial charge in [0, 0.05) is 20.1 Å². The molecule has 4 nitrogen and oxygen atoms in total. The Labute approximate surface area is 146 Å². The van der Waals surface area contributed by atoms with Crippen molar-refractivity contribution in [2.45, 2.75) is 39.8 Å². The Balaban J connectivity index is 0.00000264. The van der Waals surface area contributed by atoms with E-state index in [2.05, 4.69) is 30.9 Å². The smallest absolute Gasteiger partial charge is 0.239 e. The maximum atomic E-state index is 12.7. The van der Waals surface area contributed by atoms with E-state index < -0.39 is 0 Å². The molecule has 2 atom stereocenters. The fourth-order valence-corrected chi connectivity index (χ4v) is 3.16. The third-order valence-electron chi connectivity index (χ3n) is 5.03. The summed E-state index contributed by atoms with van der Waals surface area (Å²) in [7, 11) is 1.89. The van der Waals surface area contributed by atoms with Crippen molar-refractivity contribution in [1.29, 1.82) is 0 Å². The topological polar surface area (TPSA) is 49.6 Å². The molecule has 23 heavy (non-hydrogen) atoms. The minimum Gasteiger partial charge on any atom is -0.340 e. The number of hydrogen-bond acceptors (Lipinski definition) is 3. The molecule has 0 radical (unpaired) electrons. The molecule has 2 rings (SSSR count). The first-order valence-electron chi connectivity index (χ1n) is 8.10. The van der Waals surface area contributed by atoms with Gasteiger partial charge in [-0.1, -0.05) is 31.2 Å². The zero-order valence-electron chi connectivity index (χ0n) is 14.7. The van der Waals surface area contributed by atoms with E-state index in [4.69, 9.17) is 5.73 Å². The molecule has 0 spiro atoms. The molecule has 1 aromatic carbocycles. The second kappa shape index (κ2) is 8.13. The summed E-state index contributed by atoms with van der Waals surface area (Å²) in [5, 5.41) is 0. The summed E-state index contributed by atoms with van der Waals surface area (Å²) in [6.45, 7) is 9.53. The molecule has 1 aliphatic rings. The molecule has 0 aliphatic carbocycles. The van der Waals surface area contributed by atoms with Crippen LogP contribution in [0.25, 0.3) is 0 Å². The largest absolute Gasteiger partial charge is 0.340 e. The SMILES string of the molecule is Cc1ccccc1CN(C)C(=O)C(C)N1CCC(C)(CN)C1.Cl. The van der Waals surface area contributed by atoms with Crippen molar-refractivity contribution in [2.24, 2.45) is 11.1 Å². The molecule has 1 amide bonds. The molecule has 0 bridgehead atoms. The number of nitrogens with two attached hydrogens (primary N) is 1. The summed E-state index contributed by atoms with van der Waals surface area (Å²) >= 11 is 0. The van der Waals surface area contributed by atoms with Gasteiger partial charge in [0.05, 0.1) is 6.04 Å². The molecule has 1 heterocycles. The van der Waals surface area contributed by atoms with E-state index in [1.165, 1.54) is 11.1 Å². The van der Waals surface area contributed by atoms with Gasteiger partial charge in [0.15, 0.2) is 0 Å². The van der Waals surface area contributed by atoms with Crippen molar-refractivity contribution in [3.05, 3.63) is 35.4 Å². The molecule has 5 heteroatoms. The Morgan fingerprint density at radius 2 is 2.09 bits per heavy atom. The van der Waals surface area contributed by atoms with Crippen LogP contribution in [-0.4, -0.2) is 48.4 Å². The van der Waals surface area contributed by atoms with E-state index in [0.717, 1.165) is 19.5 Å². The average molecular weight is 340 g/mol. The molecule has 1 fully saturated rings. The maximum Gasteiger partial charge on any atom is 0.239 e. The Morgan fingerprint density at radius 3 is 2.65 bits per heavy atom. The highest BCUT2D eigenvalue weighted by atomic mass is 35.5. The van der Waals surface area contributed by atoms with Gasteiger partial charge >= 0.3 is 0 Å². The van der Waals surface area contributed by atoms with Gasteiger partial charge in [0.2, 0.25) is 5.91 Å². The standard InChI is InChI=1S/C18H29N3O.ClH/c1-14-7-5-6-8-16(14)11-20(4)17(22)15(2)21-10-9-18(3,12-19)13-21;/h5-8,15H,9-13,19H2,1-4H3;1H. The normalized spacial score (nSPS) is 22.5. The molecule has 2 N–H and O–H groups in total. The van der Waals surface area contributed by atoms with Gasteiger partial charge in [0.1, 0.15) is 0 Å². The van der Waals surface area contributed by atoms with Crippen LogP contribution in [0.2, 0.25) is 0 Å². The van der Waals surface area contributed by atoms with Crippen LogP contribution >= 0.6 is 12.4 Å². The lowest BCUT2D eigenvalue weighted by molar-refractivity contribution is -0.135. The predicted molar refractivity (Wildman–Crippen MR) is 97.7 cm³/mol. The van der Waals surface area contributed by atoms with Crippen molar-refractivity contribution in [1.82, 2.24) is 9.80 Å². The molecule has 1 aliphatic heterocycles. The van der Waals surface area contributed by atoms with Gasteiger partial charge in [-0.15, -0.1) is 12.4 Å². The first kappa shape index (κ1) is 19.9. The van der Waals surface area contributed by atoms with Crippen molar-refractivity contribution >= 4 is 18.3 Å². The minimum atomic E-state index is -0.0811. The first-order chi connectivity index (χ1) is 10.4. The maximum absolute atomic E-state index is 12.7. The fraction of sp³-hybridized carbons (Fsp3) is 0.611. The van der Waals surface area contributed by atoms with Crippen LogP contribution in [0.1, 0.15) is 31.4 Å². The number of likely N-dealkylation sites (tertiary alicyclic amines) is 1. The third-order valence-corrected chi connectivity index (χ3v) is 5.03. The summed E-state index contributed by atoms with van der Waals surface area (Å²) < 4.78 is 0. The van der Waals surface area contributed by atoms with E-state index >= 15 is 0 Å². The summed E-state index contributed by atoms with van der Waals surface area (Å²) in [5.41, 5.74) is 8.45. The highest BCUT2D eigenvalue weighted by Crippen LogP contribution is 2.30. The zero-order chi connectivity index (χ0) is 16.3. The number of hydrogen-bond donors (Lipinski definition) is 1. The number of nitrogens with zero attached hydrogens (tertiary/aromatic N) is 2. The number of aryl methyl sites for hydroxylation is 1. The quantitative estimate of drug-likeness (QED) is 0.896. The Bertz CT molecular complexity index is 537. The minimum absolute atomic E-state index is 0. The van der Waals surface area contributed by atoms with Gasteiger partial charge in [-0.25, -0.2) is 0 Å². The van der Waals surface area contributed by atoms with Crippen LogP contribution in [0.5, 0.6) is 0 Å². The van der Waals surface area contributed by atoms with Gasteiger partial charge < -0.3 is 10.6 Å². The van der Waals surface area contributed by atoms with E-state index in [9.17, 15) is 4.79 Å². The highest BCUT2D eigenvalue weighted by Gasteiger charge is 2.37. The number of halogens is 1. The predicted octanol–water partition coefficient (Wildman–Crippen LogP) is 2.43. The molecule has 1 aromatic rings. The zero-order valence-corrected chi connectivity index (χ0v) is 15.5. The van der Waals surface area contributed by atoms with E-state index in [0.29, 0.717) is 13.1 Å². The number of amides is 1. The van der Waals surface area contributed by atoms with Crippen LogP contribution in [0.3, 0.4) is 0 Å². The molecule has 2 unspecified atom stereocenters. The number of benzene rings is 1. The van der Waals surface area contributed by atoms with Crippen LogP contribution in [0, 0.1) is 12.3 Å². The van der Waals surface area contributed by atoms with Crippen molar-refractivity contribution in [2.75, 3.05) is 26.7 Å². The van der Waals surface area contributed by atoms with Crippen molar-refractivity contribution in [3.63, 3.8) is 0 Å². The number of likely N-dealkylation sites (N-methyl/N-ethyl adjacent to an activating group) is 1. The molecular formula is C18H30ClN3O. The summed E-state index contributed by atoms with van der Waals surface area (Å²) in [6.07, 6.45) is 1.07. The monoisotopic (exact) mass is 339 g/mol. The van der Waals surface area contributed by atoms with Crippen LogP contribution < -0.4 is 5.73 Å².